The topological polar surface area (TPSA) is 134 Å². The Hall–Kier alpha value is -2.30. The van der Waals surface area contributed by atoms with E-state index in [0.29, 0.717) is 22.8 Å². The van der Waals surface area contributed by atoms with Gasteiger partial charge in [0.25, 0.3) is 5.91 Å². The number of fused-ring (bicyclic) bond motifs is 1. The molecule has 10 nitrogen and oxygen atoms in total. The van der Waals surface area contributed by atoms with Crippen LogP contribution in [0, 0.1) is 6.92 Å². The average Bonchev–Trinajstić information content (AvgIpc) is 3.08. The van der Waals surface area contributed by atoms with E-state index in [1.165, 1.54) is 17.9 Å². The van der Waals surface area contributed by atoms with Gasteiger partial charge >= 0.3 is 0 Å². The number of aliphatic hydroxyl groups is 2. The quantitative estimate of drug-likeness (QED) is 0.539. The van der Waals surface area contributed by atoms with Gasteiger partial charge in [0.1, 0.15) is 18.0 Å². The van der Waals surface area contributed by atoms with E-state index in [-0.39, 0.29) is 0 Å². The Bertz CT molecular complexity index is 747. The van der Waals surface area contributed by atoms with Crippen LogP contribution in [0.15, 0.2) is 6.33 Å². The minimum absolute atomic E-state index is 0.440. The molecular formula is C13H18N6O4. The molecule has 1 fully saturated rings. The molecule has 0 bridgehead atoms. The number of ether oxygens (including phenoxy) is 1. The van der Waals surface area contributed by atoms with Crippen molar-refractivity contribution in [2.75, 3.05) is 19.4 Å². The van der Waals surface area contributed by atoms with Gasteiger partial charge in [0, 0.05) is 14.1 Å². The highest BCUT2D eigenvalue weighted by atomic mass is 16.6. The summed E-state index contributed by atoms with van der Waals surface area (Å²) in [6.45, 7) is 1.73. The molecule has 2 aromatic heterocycles. The number of hydrogen-bond acceptors (Lipinski definition) is 8. The molecule has 4 N–H and O–H groups in total. The summed E-state index contributed by atoms with van der Waals surface area (Å²) in [6, 6.07) is 0. The number of aryl methyl sites for hydroxylation is 1. The van der Waals surface area contributed by atoms with Crippen LogP contribution >= 0.6 is 0 Å². The molecule has 4 atom stereocenters. The number of aliphatic hydroxyl groups excluding tert-OH is 2. The van der Waals surface area contributed by atoms with E-state index in [1.807, 2.05) is 0 Å². The molecular weight excluding hydrogens is 304 g/mol. The van der Waals surface area contributed by atoms with E-state index in [0.717, 1.165) is 0 Å². The maximum absolute atomic E-state index is 11.7. The number of imidazole rings is 1. The van der Waals surface area contributed by atoms with Crippen molar-refractivity contribution in [3.05, 3.63) is 12.2 Å². The summed E-state index contributed by atoms with van der Waals surface area (Å²) in [5.74, 6) is 0.548. The van der Waals surface area contributed by atoms with Crippen molar-refractivity contribution in [3.63, 3.8) is 0 Å². The molecule has 0 radical (unpaired) electrons. The molecule has 0 spiro atoms. The molecule has 10 heteroatoms. The number of amides is 1. The van der Waals surface area contributed by atoms with Gasteiger partial charge in [0.05, 0.1) is 6.33 Å². The minimum atomic E-state index is -1.34. The summed E-state index contributed by atoms with van der Waals surface area (Å²) in [5, 5.41) is 25.6. The van der Waals surface area contributed by atoms with Gasteiger partial charge in [-0.2, -0.15) is 0 Å². The first kappa shape index (κ1) is 15.6. The molecule has 1 aliphatic rings. The Balaban J connectivity index is 2.04. The van der Waals surface area contributed by atoms with E-state index in [9.17, 15) is 15.0 Å². The molecule has 124 valence electrons. The summed E-state index contributed by atoms with van der Waals surface area (Å²) in [4.78, 5) is 24.5. The smallest absolute Gasteiger partial charge is 0.251 e. The number of likely N-dealkylation sites (N-methyl/N-ethyl adjacent to an activating group) is 1. The molecule has 23 heavy (non-hydrogen) atoms. The Morgan fingerprint density at radius 3 is 2.70 bits per heavy atom. The molecule has 1 aliphatic heterocycles. The Morgan fingerprint density at radius 2 is 2.04 bits per heavy atom. The van der Waals surface area contributed by atoms with Crippen molar-refractivity contribution in [2.24, 2.45) is 0 Å². The van der Waals surface area contributed by atoms with E-state index < -0.39 is 30.4 Å². The van der Waals surface area contributed by atoms with E-state index in [2.05, 4.69) is 25.6 Å². The molecule has 0 unspecified atom stereocenters. The largest absolute Gasteiger partial charge is 0.387 e. The van der Waals surface area contributed by atoms with Crippen molar-refractivity contribution < 1.29 is 19.7 Å². The summed E-state index contributed by atoms with van der Waals surface area (Å²) in [6.07, 6.45) is -3.33. The van der Waals surface area contributed by atoms with Crippen LogP contribution < -0.4 is 10.6 Å². The third kappa shape index (κ3) is 2.40. The van der Waals surface area contributed by atoms with Crippen molar-refractivity contribution in [1.82, 2.24) is 24.8 Å². The zero-order valence-corrected chi connectivity index (χ0v) is 12.9. The normalized spacial score (nSPS) is 27.3. The molecule has 1 saturated heterocycles. The lowest BCUT2D eigenvalue weighted by Gasteiger charge is -2.16. The van der Waals surface area contributed by atoms with Crippen LogP contribution in [0.4, 0.5) is 5.82 Å². The molecule has 3 rings (SSSR count). The van der Waals surface area contributed by atoms with Crippen molar-refractivity contribution >= 4 is 22.9 Å². The fraction of sp³-hybridized carbons (Fsp3) is 0.538. The number of nitrogens with zero attached hydrogens (tertiary/aromatic N) is 4. The van der Waals surface area contributed by atoms with Crippen molar-refractivity contribution in [2.45, 2.75) is 31.5 Å². The van der Waals surface area contributed by atoms with Crippen LogP contribution in [0.2, 0.25) is 0 Å². The van der Waals surface area contributed by atoms with Crippen molar-refractivity contribution in [3.8, 4) is 0 Å². The predicted molar refractivity (Wildman–Crippen MR) is 79.6 cm³/mol. The number of carbonyl (C=O) groups excluding carboxylic acids is 1. The SMILES string of the molecule is CNC(=O)[C@H]1O[C@@H](n2cnc3c(NC)nc(C)nc32)[C@H](O)[C@@H]1O. The maximum Gasteiger partial charge on any atom is 0.251 e. The highest BCUT2D eigenvalue weighted by Gasteiger charge is 2.47. The Kier molecular flexibility index (Phi) is 3.88. The standard InChI is InChI=1S/C13H18N6O4/c1-5-17-10(14-2)6-11(18-5)19(4-16-6)13-8(21)7(20)9(23-13)12(22)15-3/h4,7-9,13,20-21H,1-3H3,(H,15,22)(H,14,17,18)/t7-,8+,9-,13+/m0/s1. The molecule has 3 heterocycles. The van der Waals surface area contributed by atoms with Crippen LogP contribution in [-0.4, -0.2) is 68.0 Å². The molecule has 0 aliphatic carbocycles. The van der Waals surface area contributed by atoms with Gasteiger partial charge in [0.15, 0.2) is 29.3 Å². The third-order valence-corrected chi connectivity index (χ3v) is 3.79. The van der Waals surface area contributed by atoms with Gasteiger partial charge in [-0.1, -0.05) is 0 Å². The Morgan fingerprint density at radius 1 is 1.30 bits per heavy atom. The van der Waals surface area contributed by atoms with Gasteiger partial charge in [-0.05, 0) is 6.92 Å². The fourth-order valence-corrected chi connectivity index (χ4v) is 2.63. The summed E-state index contributed by atoms with van der Waals surface area (Å²) < 4.78 is 7.02. The number of carbonyl (C=O) groups is 1. The van der Waals surface area contributed by atoms with Crippen LogP contribution in [0.5, 0.6) is 0 Å². The fourth-order valence-electron chi connectivity index (χ4n) is 2.63. The number of rotatable bonds is 3. The van der Waals surface area contributed by atoms with Gasteiger partial charge in [-0.3, -0.25) is 9.36 Å². The van der Waals surface area contributed by atoms with Crippen LogP contribution in [0.1, 0.15) is 12.1 Å². The molecule has 2 aromatic rings. The monoisotopic (exact) mass is 322 g/mol. The molecule has 0 aromatic carbocycles. The minimum Gasteiger partial charge on any atom is -0.387 e. The second-order valence-corrected chi connectivity index (χ2v) is 5.24. The first-order valence-electron chi connectivity index (χ1n) is 7.10. The van der Waals surface area contributed by atoms with Crippen LogP contribution in [-0.2, 0) is 9.53 Å². The second kappa shape index (κ2) is 5.72. The average molecular weight is 322 g/mol. The first-order chi connectivity index (χ1) is 11.0. The van der Waals surface area contributed by atoms with E-state index in [4.69, 9.17) is 4.74 Å². The lowest BCUT2D eigenvalue weighted by atomic mass is 10.1. The summed E-state index contributed by atoms with van der Waals surface area (Å²) in [5.41, 5.74) is 0.947. The zero-order chi connectivity index (χ0) is 16.7. The van der Waals surface area contributed by atoms with Gasteiger partial charge in [-0.15, -0.1) is 0 Å². The zero-order valence-electron chi connectivity index (χ0n) is 12.9. The number of aromatic nitrogens is 4. The van der Waals surface area contributed by atoms with Gasteiger partial charge in [-0.25, -0.2) is 15.0 Å². The van der Waals surface area contributed by atoms with E-state index >= 15 is 0 Å². The lowest BCUT2D eigenvalue weighted by Crippen LogP contribution is -2.41. The lowest BCUT2D eigenvalue weighted by molar-refractivity contribution is -0.137. The van der Waals surface area contributed by atoms with E-state index in [1.54, 1.807) is 14.0 Å². The summed E-state index contributed by atoms with van der Waals surface area (Å²) >= 11 is 0. The number of anilines is 1. The van der Waals surface area contributed by atoms with Gasteiger partial charge < -0.3 is 25.6 Å². The predicted octanol–water partition coefficient (Wildman–Crippen LogP) is -1.46. The first-order valence-corrected chi connectivity index (χ1v) is 7.10. The second-order valence-electron chi connectivity index (χ2n) is 5.24. The highest BCUT2D eigenvalue weighted by Crippen LogP contribution is 2.32. The third-order valence-electron chi connectivity index (χ3n) is 3.79. The summed E-state index contributed by atoms with van der Waals surface area (Å²) in [7, 11) is 3.15. The maximum atomic E-state index is 11.7. The molecule has 0 saturated carbocycles. The number of nitrogens with one attached hydrogen (secondary N) is 2. The van der Waals surface area contributed by atoms with Crippen LogP contribution in [0.25, 0.3) is 11.2 Å². The molecule has 1 amide bonds. The number of hydrogen-bond donors (Lipinski definition) is 4. The van der Waals surface area contributed by atoms with Crippen LogP contribution in [0.3, 0.4) is 0 Å². The van der Waals surface area contributed by atoms with Crippen molar-refractivity contribution in [1.29, 1.82) is 0 Å². The highest BCUT2D eigenvalue weighted by molar-refractivity contribution is 5.83. The van der Waals surface area contributed by atoms with Gasteiger partial charge in [0.2, 0.25) is 0 Å². The Labute approximate surface area is 131 Å².